The lowest BCUT2D eigenvalue weighted by atomic mass is 9.84. The van der Waals surface area contributed by atoms with E-state index < -0.39 is 18.5 Å². The van der Waals surface area contributed by atoms with Crippen molar-refractivity contribution in [3.63, 3.8) is 0 Å². The minimum atomic E-state index is -2.59. The van der Waals surface area contributed by atoms with E-state index >= 15 is 0 Å². The number of fused-ring (bicyclic) bond motifs is 1. The molecule has 0 atom stereocenters. The van der Waals surface area contributed by atoms with Gasteiger partial charge in [0.25, 0.3) is 12.0 Å². The molecule has 0 N–H and O–H groups in total. The summed E-state index contributed by atoms with van der Waals surface area (Å²) in [5, 5.41) is 4.53. The fraction of sp³-hybridized carbons (Fsp3) is 0.500. The van der Waals surface area contributed by atoms with Gasteiger partial charge in [-0.3, -0.25) is 9.36 Å². The van der Waals surface area contributed by atoms with Crippen LogP contribution in [0.1, 0.15) is 31.0 Å². The zero-order valence-electron chi connectivity index (χ0n) is 10.0. The van der Waals surface area contributed by atoms with Crippen LogP contribution in [-0.2, 0) is 6.54 Å². The smallest absolute Gasteiger partial charge is 0.279 e. The van der Waals surface area contributed by atoms with Crippen molar-refractivity contribution in [3.05, 3.63) is 33.5 Å². The predicted molar refractivity (Wildman–Crippen MR) is 67.1 cm³/mol. The van der Waals surface area contributed by atoms with Crippen molar-refractivity contribution in [1.29, 1.82) is 0 Å². The molecular weight excluding hydrogens is 276 g/mol. The Hall–Kier alpha value is -1.43. The molecule has 3 rings (SSSR count). The van der Waals surface area contributed by atoms with Gasteiger partial charge in [-0.2, -0.15) is 5.10 Å². The van der Waals surface area contributed by atoms with Crippen molar-refractivity contribution < 1.29 is 8.78 Å². The van der Waals surface area contributed by atoms with Gasteiger partial charge < -0.3 is 0 Å². The molecule has 19 heavy (non-hydrogen) atoms. The maximum Gasteiger partial charge on any atom is 0.279 e. The second kappa shape index (κ2) is 4.59. The van der Waals surface area contributed by atoms with E-state index in [0.717, 1.165) is 23.8 Å². The SMILES string of the molecule is O=c1c2c(Cl)ccn2nc(C2CCC2)n1CC(F)F. The van der Waals surface area contributed by atoms with Crippen LogP contribution < -0.4 is 5.56 Å². The van der Waals surface area contributed by atoms with Crippen LogP contribution in [0, 0.1) is 0 Å². The maximum absolute atomic E-state index is 12.7. The lowest BCUT2D eigenvalue weighted by Gasteiger charge is -2.27. The minimum absolute atomic E-state index is 0.0945. The molecule has 1 aliphatic rings. The van der Waals surface area contributed by atoms with Crippen LogP contribution in [0.25, 0.3) is 5.52 Å². The summed E-state index contributed by atoms with van der Waals surface area (Å²) >= 11 is 5.90. The molecule has 7 heteroatoms. The second-order valence-corrected chi connectivity index (χ2v) is 5.16. The van der Waals surface area contributed by atoms with Crippen LogP contribution in [0.5, 0.6) is 0 Å². The van der Waals surface area contributed by atoms with Gasteiger partial charge in [0.1, 0.15) is 11.3 Å². The van der Waals surface area contributed by atoms with Crippen LogP contribution in [-0.4, -0.2) is 20.6 Å². The summed E-state index contributed by atoms with van der Waals surface area (Å²) in [6, 6.07) is 1.54. The van der Waals surface area contributed by atoms with Gasteiger partial charge in [-0.25, -0.2) is 13.3 Å². The summed E-state index contributed by atoms with van der Waals surface area (Å²) in [5.41, 5.74) is -0.336. The zero-order valence-corrected chi connectivity index (χ0v) is 10.8. The van der Waals surface area contributed by atoms with Gasteiger partial charge in [-0.1, -0.05) is 18.0 Å². The van der Waals surface area contributed by atoms with Gasteiger partial charge in [0.2, 0.25) is 0 Å². The number of nitrogens with zero attached hydrogens (tertiary/aromatic N) is 3. The van der Waals surface area contributed by atoms with E-state index in [2.05, 4.69) is 5.10 Å². The van der Waals surface area contributed by atoms with E-state index in [1.165, 1.54) is 4.52 Å². The van der Waals surface area contributed by atoms with Gasteiger partial charge in [0.15, 0.2) is 0 Å². The van der Waals surface area contributed by atoms with Crippen LogP contribution >= 0.6 is 11.6 Å². The van der Waals surface area contributed by atoms with Gasteiger partial charge in [0, 0.05) is 12.1 Å². The highest BCUT2D eigenvalue weighted by Gasteiger charge is 2.27. The molecule has 0 unspecified atom stereocenters. The van der Waals surface area contributed by atoms with Crippen molar-refractivity contribution in [2.75, 3.05) is 0 Å². The van der Waals surface area contributed by atoms with E-state index in [1.807, 2.05) is 0 Å². The highest BCUT2D eigenvalue weighted by atomic mass is 35.5. The molecule has 1 saturated carbocycles. The summed E-state index contributed by atoms with van der Waals surface area (Å²) in [6.07, 6.45) is 1.80. The molecule has 0 spiro atoms. The van der Waals surface area contributed by atoms with Crippen molar-refractivity contribution in [3.8, 4) is 0 Å². The molecule has 0 saturated heterocycles. The molecule has 0 bridgehead atoms. The molecule has 0 aromatic carbocycles. The molecular formula is C12H12ClF2N3O. The summed E-state index contributed by atoms with van der Waals surface area (Å²) in [6.45, 7) is -0.629. The average molecular weight is 288 g/mol. The number of alkyl halides is 2. The lowest BCUT2D eigenvalue weighted by molar-refractivity contribution is 0.121. The molecule has 4 nitrogen and oxygen atoms in total. The Balaban J connectivity index is 2.24. The van der Waals surface area contributed by atoms with Crippen molar-refractivity contribution in [2.45, 2.75) is 38.2 Å². The third kappa shape index (κ3) is 2.04. The molecule has 2 aromatic heterocycles. The Bertz CT molecular complexity index is 675. The third-order valence-electron chi connectivity index (χ3n) is 3.54. The molecule has 1 aliphatic carbocycles. The topological polar surface area (TPSA) is 39.3 Å². The van der Waals surface area contributed by atoms with E-state index in [0.29, 0.717) is 5.82 Å². The first kappa shape index (κ1) is 12.6. The molecule has 1 fully saturated rings. The Morgan fingerprint density at radius 1 is 1.47 bits per heavy atom. The largest absolute Gasteiger partial charge is 0.287 e. The van der Waals surface area contributed by atoms with Crippen molar-refractivity contribution in [1.82, 2.24) is 14.2 Å². The van der Waals surface area contributed by atoms with E-state index in [9.17, 15) is 13.6 Å². The van der Waals surface area contributed by atoms with Crippen molar-refractivity contribution >= 4 is 17.1 Å². The predicted octanol–water partition coefficient (Wildman–Crippen LogP) is 2.68. The molecule has 0 radical (unpaired) electrons. The Morgan fingerprint density at radius 3 is 2.79 bits per heavy atom. The Morgan fingerprint density at radius 2 is 2.21 bits per heavy atom. The highest BCUT2D eigenvalue weighted by Crippen LogP contribution is 2.35. The normalized spacial score (nSPS) is 16.2. The molecule has 2 heterocycles. The van der Waals surface area contributed by atoms with Gasteiger partial charge in [-0.05, 0) is 18.9 Å². The number of halogens is 3. The summed E-state index contributed by atoms with van der Waals surface area (Å²) in [4.78, 5) is 12.3. The quantitative estimate of drug-likeness (QED) is 0.871. The highest BCUT2D eigenvalue weighted by molar-refractivity contribution is 6.33. The van der Waals surface area contributed by atoms with Crippen LogP contribution in [0.15, 0.2) is 17.1 Å². The monoisotopic (exact) mass is 287 g/mol. The van der Waals surface area contributed by atoms with Gasteiger partial charge in [-0.15, -0.1) is 0 Å². The maximum atomic E-state index is 12.7. The summed E-state index contributed by atoms with van der Waals surface area (Å²) < 4.78 is 27.8. The summed E-state index contributed by atoms with van der Waals surface area (Å²) in [7, 11) is 0. The molecule has 102 valence electrons. The molecule has 2 aromatic rings. The van der Waals surface area contributed by atoms with Gasteiger partial charge >= 0.3 is 0 Å². The molecule has 0 amide bonds. The third-order valence-corrected chi connectivity index (χ3v) is 3.85. The Kier molecular flexibility index (Phi) is 3.05. The first-order chi connectivity index (χ1) is 9.08. The second-order valence-electron chi connectivity index (χ2n) is 4.75. The first-order valence-electron chi connectivity index (χ1n) is 6.13. The number of aromatic nitrogens is 3. The van der Waals surface area contributed by atoms with Crippen molar-refractivity contribution in [2.24, 2.45) is 0 Å². The van der Waals surface area contributed by atoms with E-state index in [1.54, 1.807) is 12.3 Å². The zero-order chi connectivity index (χ0) is 13.6. The fourth-order valence-electron chi connectivity index (χ4n) is 2.36. The van der Waals surface area contributed by atoms with E-state index in [4.69, 9.17) is 11.6 Å². The standard InChI is InChI=1S/C12H12ClF2N3O/c13-8-4-5-18-10(8)12(19)17(6-9(14)15)11(16-18)7-2-1-3-7/h4-5,7,9H,1-3,6H2. The van der Waals surface area contributed by atoms with Crippen LogP contribution in [0.3, 0.4) is 0 Å². The first-order valence-corrected chi connectivity index (χ1v) is 6.51. The lowest BCUT2D eigenvalue weighted by Crippen LogP contribution is -2.32. The van der Waals surface area contributed by atoms with Crippen LogP contribution in [0.4, 0.5) is 8.78 Å². The van der Waals surface area contributed by atoms with E-state index in [-0.39, 0.29) is 16.5 Å². The van der Waals surface area contributed by atoms with Gasteiger partial charge in [0.05, 0.1) is 11.6 Å². The fourth-order valence-corrected chi connectivity index (χ4v) is 2.59. The average Bonchev–Trinajstić information content (AvgIpc) is 2.63. The molecule has 0 aliphatic heterocycles. The minimum Gasteiger partial charge on any atom is -0.287 e. The number of hydrogen-bond acceptors (Lipinski definition) is 2. The van der Waals surface area contributed by atoms with Crippen LogP contribution in [0.2, 0.25) is 5.02 Å². The summed E-state index contributed by atoms with van der Waals surface area (Å²) in [5.74, 6) is 0.536. The number of hydrogen-bond donors (Lipinski definition) is 0. The Labute approximate surface area is 112 Å². The number of rotatable bonds is 3.